The molecule has 0 heterocycles. The van der Waals surface area contributed by atoms with Crippen molar-refractivity contribution < 1.29 is 9.90 Å². The van der Waals surface area contributed by atoms with Crippen LogP contribution in [-0.2, 0) is 0 Å². The molecule has 0 saturated carbocycles. The van der Waals surface area contributed by atoms with Crippen molar-refractivity contribution in [1.82, 2.24) is 0 Å². The molecule has 3 nitrogen and oxygen atoms in total. The first kappa shape index (κ1) is 10.6. The van der Waals surface area contributed by atoms with Crippen molar-refractivity contribution in [3.8, 4) is 5.75 Å². The third-order valence-corrected chi connectivity index (χ3v) is 1.93. The first-order valence-corrected chi connectivity index (χ1v) is 4.62. The van der Waals surface area contributed by atoms with Gasteiger partial charge in [0, 0.05) is 17.7 Å². The lowest BCUT2D eigenvalue weighted by atomic mass is 10.00. The summed E-state index contributed by atoms with van der Waals surface area (Å²) in [5.74, 6) is 0.351. The molecule has 0 radical (unpaired) electrons. The van der Waals surface area contributed by atoms with Crippen LogP contribution < -0.4 is 5.73 Å². The highest BCUT2D eigenvalue weighted by atomic mass is 16.3. The highest BCUT2D eigenvalue weighted by Gasteiger charge is 2.11. The number of aromatic hydroxyl groups is 1. The third kappa shape index (κ3) is 2.49. The molecular weight excluding hydrogens is 178 g/mol. The van der Waals surface area contributed by atoms with E-state index in [4.69, 9.17) is 5.73 Å². The van der Waals surface area contributed by atoms with Gasteiger partial charge in [-0.15, -0.1) is 0 Å². The molecule has 76 valence electrons. The first-order chi connectivity index (χ1) is 6.50. The Hall–Kier alpha value is -1.51. The summed E-state index contributed by atoms with van der Waals surface area (Å²) in [6.07, 6.45) is 0.452. The zero-order chi connectivity index (χ0) is 10.7. The summed E-state index contributed by atoms with van der Waals surface area (Å²) in [7, 11) is 0. The number of rotatable bonds is 3. The van der Waals surface area contributed by atoms with Gasteiger partial charge in [0.25, 0.3) is 0 Å². The predicted octanol–water partition coefficient (Wildman–Crippen LogP) is 2.20. The van der Waals surface area contributed by atoms with Gasteiger partial charge in [-0.1, -0.05) is 13.8 Å². The van der Waals surface area contributed by atoms with E-state index in [1.54, 1.807) is 6.07 Å². The number of nitrogen functional groups attached to an aromatic ring is 1. The molecule has 0 bridgehead atoms. The van der Waals surface area contributed by atoms with Gasteiger partial charge in [-0.25, -0.2) is 0 Å². The fourth-order valence-electron chi connectivity index (χ4n) is 1.27. The smallest absolute Gasteiger partial charge is 0.165 e. The van der Waals surface area contributed by atoms with Crippen LogP contribution in [0.4, 0.5) is 5.69 Å². The summed E-state index contributed by atoms with van der Waals surface area (Å²) in [5.41, 5.74) is 6.47. The van der Waals surface area contributed by atoms with Gasteiger partial charge in [0.1, 0.15) is 5.75 Å². The molecule has 0 aliphatic heterocycles. The predicted molar refractivity (Wildman–Crippen MR) is 56.3 cm³/mol. The van der Waals surface area contributed by atoms with Crippen LogP contribution >= 0.6 is 0 Å². The molecule has 14 heavy (non-hydrogen) atoms. The summed E-state index contributed by atoms with van der Waals surface area (Å²) in [5, 5.41) is 9.21. The molecule has 3 heteroatoms. The van der Waals surface area contributed by atoms with Gasteiger partial charge >= 0.3 is 0 Å². The van der Waals surface area contributed by atoms with Crippen molar-refractivity contribution in [3.05, 3.63) is 23.8 Å². The second kappa shape index (κ2) is 4.13. The lowest BCUT2D eigenvalue weighted by molar-refractivity contribution is 0.0968. The van der Waals surface area contributed by atoms with E-state index >= 15 is 0 Å². The molecule has 0 amide bonds. The Labute approximate surface area is 83.6 Å². The molecule has 0 aliphatic carbocycles. The Morgan fingerprint density at radius 1 is 1.50 bits per heavy atom. The van der Waals surface area contributed by atoms with Crippen molar-refractivity contribution >= 4 is 11.5 Å². The number of ketones is 1. The molecule has 1 aromatic carbocycles. The normalized spacial score (nSPS) is 10.5. The van der Waals surface area contributed by atoms with E-state index in [1.807, 2.05) is 13.8 Å². The number of Topliss-reactive ketones (excluding diaryl/α,β-unsaturated/α-hetero) is 1. The van der Waals surface area contributed by atoms with Gasteiger partial charge in [-0.2, -0.15) is 0 Å². The molecule has 0 atom stereocenters. The number of hydrogen-bond donors (Lipinski definition) is 2. The molecular formula is C11H15NO2. The number of carbonyl (C=O) groups is 1. The quantitative estimate of drug-likeness (QED) is 0.439. The minimum Gasteiger partial charge on any atom is -0.508 e. The van der Waals surface area contributed by atoms with Crippen molar-refractivity contribution in [2.24, 2.45) is 5.92 Å². The molecule has 3 N–H and O–H groups in total. The van der Waals surface area contributed by atoms with E-state index < -0.39 is 0 Å². The zero-order valence-electron chi connectivity index (χ0n) is 8.45. The highest BCUT2D eigenvalue weighted by molar-refractivity contribution is 6.01. The topological polar surface area (TPSA) is 63.3 Å². The van der Waals surface area contributed by atoms with Crippen LogP contribution in [0.1, 0.15) is 30.6 Å². The number of phenolic OH excluding ortho intramolecular Hbond substituents is 1. The van der Waals surface area contributed by atoms with Gasteiger partial charge in [0.15, 0.2) is 5.78 Å². The van der Waals surface area contributed by atoms with Crippen LogP contribution in [0.2, 0.25) is 0 Å². The standard InChI is InChI=1S/C11H15NO2/c1-7(2)5-11(14)9-6-8(13)3-4-10(9)12/h3-4,6-7,13H,5,12H2,1-2H3. The Balaban J connectivity index is 2.94. The molecule has 0 unspecified atom stereocenters. The van der Waals surface area contributed by atoms with Crippen LogP contribution in [0.25, 0.3) is 0 Å². The lowest BCUT2D eigenvalue weighted by Crippen LogP contribution is -2.06. The molecule has 1 rings (SSSR count). The molecule has 0 fully saturated rings. The van der Waals surface area contributed by atoms with Crippen molar-refractivity contribution in [1.29, 1.82) is 0 Å². The van der Waals surface area contributed by atoms with E-state index in [0.29, 0.717) is 23.6 Å². The number of carbonyl (C=O) groups excluding carboxylic acids is 1. The Morgan fingerprint density at radius 2 is 2.14 bits per heavy atom. The molecule has 0 saturated heterocycles. The summed E-state index contributed by atoms with van der Waals surface area (Å²) < 4.78 is 0. The van der Waals surface area contributed by atoms with E-state index in [1.165, 1.54) is 12.1 Å². The summed E-state index contributed by atoms with van der Waals surface area (Å²) in [6, 6.07) is 4.43. The van der Waals surface area contributed by atoms with E-state index in [-0.39, 0.29) is 11.5 Å². The van der Waals surface area contributed by atoms with Crippen LogP contribution in [-0.4, -0.2) is 10.9 Å². The maximum absolute atomic E-state index is 11.6. The van der Waals surface area contributed by atoms with Crippen molar-refractivity contribution in [3.63, 3.8) is 0 Å². The lowest BCUT2D eigenvalue weighted by Gasteiger charge is -2.07. The zero-order valence-corrected chi connectivity index (χ0v) is 8.45. The molecule has 0 spiro atoms. The highest BCUT2D eigenvalue weighted by Crippen LogP contribution is 2.21. The summed E-state index contributed by atoms with van der Waals surface area (Å²) >= 11 is 0. The average Bonchev–Trinajstić information content (AvgIpc) is 2.08. The SMILES string of the molecule is CC(C)CC(=O)c1cc(O)ccc1N. The Kier molecular flexibility index (Phi) is 3.12. The Bertz CT molecular complexity index is 345. The molecule has 1 aromatic rings. The largest absolute Gasteiger partial charge is 0.508 e. The maximum Gasteiger partial charge on any atom is 0.165 e. The first-order valence-electron chi connectivity index (χ1n) is 4.62. The average molecular weight is 193 g/mol. The van der Waals surface area contributed by atoms with Crippen LogP contribution in [0.5, 0.6) is 5.75 Å². The van der Waals surface area contributed by atoms with Gasteiger partial charge in [-0.05, 0) is 24.1 Å². The van der Waals surface area contributed by atoms with E-state index in [2.05, 4.69) is 0 Å². The molecule has 0 aromatic heterocycles. The number of benzene rings is 1. The van der Waals surface area contributed by atoms with Crippen LogP contribution in [0.15, 0.2) is 18.2 Å². The van der Waals surface area contributed by atoms with Gasteiger partial charge < -0.3 is 10.8 Å². The second-order valence-corrected chi connectivity index (χ2v) is 3.79. The van der Waals surface area contributed by atoms with Crippen molar-refractivity contribution in [2.45, 2.75) is 20.3 Å². The van der Waals surface area contributed by atoms with Gasteiger partial charge in [0.2, 0.25) is 0 Å². The van der Waals surface area contributed by atoms with Crippen LogP contribution in [0, 0.1) is 5.92 Å². The Morgan fingerprint density at radius 3 is 2.71 bits per heavy atom. The molecule has 0 aliphatic rings. The minimum absolute atomic E-state index is 0.0200. The summed E-state index contributed by atoms with van der Waals surface area (Å²) in [4.78, 5) is 11.6. The van der Waals surface area contributed by atoms with Gasteiger partial charge in [0.05, 0.1) is 0 Å². The van der Waals surface area contributed by atoms with E-state index in [9.17, 15) is 9.90 Å². The number of anilines is 1. The fraction of sp³-hybridized carbons (Fsp3) is 0.364. The van der Waals surface area contributed by atoms with E-state index in [0.717, 1.165) is 0 Å². The monoisotopic (exact) mass is 193 g/mol. The number of phenols is 1. The second-order valence-electron chi connectivity index (χ2n) is 3.79. The fourth-order valence-corrected chi connectivity index (χ4v) is 1.27. The summed E-state index contributed by atoms with van der Waals surface area (Å²) in [6.45, 7) is 3.94. The van der Waals surface area contributed by atoms with Crippen LogP contribution in [0.3, 0.4) is 0 Å². The van der Waals surface area contributed by atoms with Gasteiger partial charge in [-0.3, -0.25) is 4.79 Å². The van der Waals surface area contributed by atoms with Crippen molar-refractivity contribution in [2.75, 3.05) is 5.73 Å². The minimum atomic E-state index is -0.0200. The number of nitrogens with two attached hydrogens (primary N) is 1. The maximum atomic E-state index is 11.6. The third-order valence-electron chi connectivity index (χ3n) is 1.93. The number of hydrogen-bond acceptors (Lipinski definition) is 3.